The van der Waals surface area contributed by atoms with Crippen LogP contribution in [0.1, 0.15) is 31.4 Å². The molecule has 1 fully saturated rings. The monoisotopic (exact) mass is 376 g/mol. The summed E-state index contributed by atoms with van der Waals surface area (Å²) in [5, 5.41) is 3.01. The lowest BCUT2D eigenvalue weighted by Gasteiger charge is -2.25. The molecule has 0 aromatic heterocycles. The zero-order valence-electron chi connectivity index (χ0n) is 15.4. The van der Waals surface area contributed by atoms with Gasteiger partial charge in [0.25, 0.3) is 0 Å². The molecule has 1 amide bonds. The second kappa shape index (κ2) is 7.35. The Bertz CT molecular complexity index is 817. The van der Waals surface area contributed by atoms with Crippen LogP contribution in [0.3, 0.4) is 0 Å². The third kappa shape index (κ3) is 4.89. The third-order valence-corrected chi connectivity index (χ3v) is 4.91. The van der Waals surface area contributed by atoms with Crippen LogP contribution >= 0.6 is 0 Å². The van der Waals surface area contributed by atoms with Gasteiger partial charge in [0, 0.05) is 26.6 Å². The Morgan fingerprint density at radius 3 is 2.48 bits per heavy atom. The highest BCUT2D eigenvalue weighted by Crippen LogP contribution is 2.32. The van der Waals surface area contributed by atoms with E-state index in [1.54, 1.807) is 6.07 Å². The van der Waals surface area contributed by atoms with Gasteiger partial charge in [-0.05, 0) is 42.2 Å². The summed E-state index contributed by atoms with van der Waals surface area (Å²) in [4.78, 5) is 13.6. The predicted molar refractivity (Wildman–Crippen MR) is 99.0 cm³/mol. The van der Waals surface area contributed by atoms with Crippen molar-refractivity contribution in [3.63, 3.8) is 0 Å². The number of carbonyl (C=O) groups is 1. The standard InChI is InChI=1S/C21H23F3N2O/c1-15(27)25-20(2)10-11-26(14-20)13-16-6-8-17(9-7-16)18-4-3-5-19(12-18)21(22,23)24/h3-9,12H,10-11,13-14H2,1-2H3,(H,25,27). The second-order valence-electron chi connectivity index (χ2n) is 7.48. The summed E-state index contributed by atoms with van der Waals surface area (Å²) >= 11 is 0. The van der Waals surface area contributed by atoms with E-state index in [4.69, 9.17) is 0 Å². The van der Waals surface area contributed by atoms with E-state index in [1.807, 2.05) is 31.2 Å². The van der Waals surface area contributed by atoms with Gasteiger partial charge in [0.15, 0.2) is 0 Å². The number of alkyl halides is 3. The van der Waals surface area contributed by atoms with E-state index in [1.165, 1.54) is 19.1 Å². The Hall–Kier alpha value is -2.34. The van der Waals surface area contributed by atoms with Crippen LogP contribution in [-0.4, -0.2) is 29.4 Å². The number of carbonyl (C=O) groups excluding carboxylic acids is 1. The second-order valence-corrected chi connectivity index (χ2v) is 7.48. The van der Waals surface area contributed by atoms with Crippen LogP contribution in [-0.2, 0) is 17.5 Å². The fourth-order valence-electron chi connectivity index (χ4n) is 3.65. The van der Waals surface area contributed by atoms with Gasteiger partial charge in [-0.3, -0.25) is 9.69 Å². The largest absolute Gasteiger partial charge is 0.416 e. The van der Waals surface area contributed by atoms with Crippen molar-refractivity contribution >= 4 is 5.91 Å². The highest BCUT2D eigenvalue weighted by Gasteiger charge is 2.34. The van der Waals surface area contributed by atoms with Crippen LogP contribution in [0.4, 0.5) is 13.2 Å². The topological polar surface area (TPSA) is 32.3 Å². The lowest BCUT2D eigenvalue weighted by atomic mass is 10.0. The predicted octanol–water partition coefficient (Wildman–Crippen LogP) is 4.47. The summed E-state index contributed by atoms with van der Waals surface area (Å²) in [7, 11) is 0. The fraction of sp³-hybridized carbons (Fsp3) is 0.381. The summed E-state index contributed by atoms with van der Waals surface area (Å²) in [6.07, 6.45) is -3.44. The molecule has 2 aromatic carbocycles. The van der Waals surface area contributed by atoms with Crippen LogP contribution in [0, 0.1) is 0 Å². The molecule has 0 aliphatic carbocycles. The molecule has 0 bridgehead atoms. The number of amides is 1. The van der Waals surface area contributed by atoms with Gasteiger partial charge in [-0.2, -0.15) is 13.2 Å². The minimum Gasteiger partial charge on any atom is -0.350 e. The van der Waals surface area contributed by atoms with E-state index < -0.39 is 11.7 Å². The Morgan fingerprint density at radius 1 is 1.15 bits per heavy atom. The number of nitrogens with zero attached hydrogens (tertiary/aromatic N) is 1. The first-order valence-corrected chi connectivity index (χ1v) is 8.92. The number of hydrogen-bond acceptors (Lipinski definition) is 2. The molecule has 1 heterocycles. The van der Waals surface area contributed by atoms with E-state index in [2.05, 4.69) is 10.2 Å². The van der Waals surface area contributed by atoms with Crippen LogP contribution in [0.5, 0.6) is 0 Å². The van der Waals surface area contributed by atoms with Gasteiger partial charge >= 0.3 is 6.18 Å². The molecule has 2 aromatic rings. The van der Waals surface area contributed by atoms with Crippen LogP contribution in [0.25, 0.3) is 11.1 Å². The van der Waals surface area contributed by atoms with Crippen molar-refractivity contribution in [2.24, 2.45) is 0 Å². The average Bonchev–Trinajstić information content (AvgIpc) is 2.94. The van der Waals surface area contributed by atoms with Gasteiger partial charge in [-0.15, -0.1) is 0 Å². The SMILES string of the molecule is CC(=O)NC1(C)CCN(Cc2ccc(-c3cccc(C(F)(F)F)c3)cc2)C1. The molecule has 3 nitrogen and oxygen atoms in total. The lowest BCUT2D eigenvalue weighted by molar-refractivity contribution is -0.137. The Kier molecular flexibility index (Phi) is 5.29. The minimum atomic E-state index is -4.34. The molecular weight excluding hydrogens is 353 g/mol. The number of rotatable bonds is 4. The third-order valence-electron chi connectivity index (χ3n) is 4.91. The number of halogens is 3. The first-order chi connectivity index (χ1) is 12.6. The van der Waals surface area contributed by atoms with Crippen molar-refractivity contribution in [2.45, 2.75) is 38.5 Å². The highest BCUT2D eigenvalue weighted by molar-refractivity contribution is 5.73. The quantitative estimate of drug-likeness (QED) is 0.854. The van der Waals surface area contributed by atoms with Crippen molar-refractivity contribution in [3.05, 3.63) is 59.7 Å². The fourth-order valence-corrected chi connectivity index (χ4v) is 3.65. The molecule has 144 valence electrons. The number of likely N-dealkylation sites (tertiary alicyclic amines) is 1. The van der Waals surface area contributed by atoms with Crippen LogP contribution < -0.4 is 5.32 Å². The van der Waals surface area contributed by atoms with Gasteiger partial charge in [-0.1, -0.05) is 36.4 Å². The van der Waals surface area contributed by atoms with Crippen molar-refractivity contribution < 1.29 is 18.0 Å². The zero-order valence-corrected chi connectivity index (χ0v) is 15.4. The van der Waals surface area contributed by atoms with Gasteiger partial charge in [0.1, 0.15) is 0 Å². The Labute approximate surface area is 157 Å². The van der Waals surface area contributed by atoms with E-state index in [0.29, 0.717) is 5.56 Å². The first-order valence-electron chi connectivity index (χ1n) is 8.92. The summed E-state index contributed by atoms with van der Waals surface area (Å²) in [6, 6.07) is 13.0. The molecule has 1 saturated heterocycles. The molecule has 1 aliphatic rings. The maximum Gasteiger partial charge on any atom is 0.416 e. The van der Waals surface area contributed by atoms with Crippen molar-refractivity contribution in [3.8, 4) is 11.1 Å². The van der Waals surface area contributed by atoms with E-state index in [0.717, 1.165) is 43.2 Å². The molecule has 27 heavy (non-hydrogen) atoms. The molecule has 0 spiro atoms. The van der Waals surface area contributed by atoms with E-state index in [-0.39, 0.29) is 11.4 Å². The van der Waals surface area contributed by atoms with Crippen LogP contribution in [0.15, 0.2) is 48.5 Å². The highest BCUT2D eigenvalue weighted by atomic mass is 19.4. The lowest BCUT2D eigenvalue weighted by Crippen LogP contribution is -2.46. The Morgan fingerprint density at radius 2 is 1.85 bits per heavy atom. The summed E-state index contributed by atoms with van der Waals surface area (Å²) in [5.41, 5.74) is 1.56. The molecule has 0 saturated carbocycles. The van der Waals surface area contributed by atoms with E-state index in [9.17, 15) is 18.0 Å². The summed E-state index contributed by atoms with van der Waals surface area (Å²) in [6.45, 7) is 6.00. The minimum absolute atomic E-state index is 0.0233. The maximum absolute atomic E-state index is 12.9. The summed E-state index contributed by atoms with van der Waals surface area (Å²) in [5.74, 6) is -0.0233. The molecule has 6 heteroatoms. The van der Waals surface area contributed by atoms with Crippen molar-refractivity contribution in [1.82, 2.24) is 10.2 Å². The molecule has 1 atom stereocenters. The maximum atomic E-state index is 12.9. The molecule has 1 unspecified atom stereocenters. The molecule has 1 aliphatic heterocycles. The van der Waals surface area contributed by atoms with E-state index >= 15 is 0 Å². The first kappa shape index (κ1) is 19.4. The molecule has 0 radical (unpaired) electrons. The number of hydrogen-bond donors (Lipinski definition) is 1. The van der Waals surface area contributed by atoms with Gasteiger partial charge in [-0.25, -0.2) is 0 Å². The number of nitrogens with one attached hydrogen (secondary N) is 1. The smallest absolute Gasteiger partial charge is 0.350 e. The average molecular weight is 376 g/mol. The Balaban J connectivity index is 1.67. The molecular formula is C21H23F3N2O. The van der Waals surface area contributed by atoms with Gasteiger partial charge in [0.05, 0.1) is 11.1 Å². The van der Waals surface area contributed by atoms with Gasteiger partial charge < -0.3 is 5.32 Å². The molecule has 1 N–H and O–H groups in total. The van der Waals surface area contributed by atoms with Crippen molar-refractivity contribution in [1.29, 1.82) is 0 Å². The summed E-state index contributed by atoms with van der Waals surface area (Å²) < 4.78 is 38.7. The normalized spacial score (nSPS) is 20.6. The van der Waals surface area contributed by atoms with Gasteiger partial charge in [0.2, 0.25) is 5.91 Å². The van der Waals surface area contributed by atoms with Crippen LogP contribution in [0.2, 0.25) is 0 Å². The molecule has 3 rings (SSSR count). The number of benzene rings is 2. The zero-order chi connectivity index (χ0) is 19.7. The van der Waals surface area contributed by atoms with Crippen molar-refractivity contribution in [2.75, 3.05) is 13.1 Å².